The van der Waals surface area contributed by atoms with Gasteiger partial charge in [0.1, 0.15) is 13.2 Å². The van der Waals surface area contributed by atoms with Gasteiger partial charge in [0.05, 0.1) is 12.2 Å². The lowest BCUT2D eigenvalue weighted by atomic mass is 9.93. The number of esters is 2. The molecule has 1 rings (SSSR count). The van der Waals surface area contributed by atoms with E-state index in [1.54, 1.807) is 0 Å². The van der Waals surface area contributed by atoms with Crippen LogP contribution in [0.3, 0.4) is 0 Å². The quantitative estimate of drug-likeness (QED) is 0.346. The Balaban J connectivity index is 2.57. The van der Waals surface area contributed by atoms with Crippen molar-refractivity contribution in [2.75, 3.05) is 13.2 Å². The fourth-order valence-electron chi connectivity index (χ4n) is 2.67. The average Bonchev–Trinajstić information content (AvgIpc) is 2.58. The zero-order valence-corrected chi connectivity index (χ0v) is 14.6. The zero-order valence-electron chi connectivity index (χ0n) is 14.6. The van der Waals surface area contributed by atoms with Crippen molar-refractivity contribution < 1.29 is 28.5 Å². The maximum absolute atomic E-state index is 11.2. The highest BCUT2D eigenvalue weighted by Crippen LogP contribution is 2.35. The van der Waals surface area contributed by atoms with Gasteiger partial charge in [-0.3, -0.25) is 0 Å². The van der Waals surface area contributed by atoms with E-state index in [-0.39, 0.29) is 25.4 Å². The van der Waals surface area contributed by atoms with Gasteiger partial charge in [-0.1, -0.05) is 19.6 Å². The highest BCUT2D eigenvalue weighted by molar-refractivity contribution is 5.81. The van der Waals surface area contributed by atoms with Gasteiger partial charge in [0.15, 0.2) is 5.79 Å². The normalized spacial score (nSPS) is 18.9. The standard InChI is InChI=1S/C18H28O6/c1-5-16(19)21-12-14(3)23-18(10-8-7-9-11-18)24-15(4)13-22-17(20)6-2/h5-6,14-15H,1-2,7-13H2,3-4H3. The van der Waals surface area contributed by atoms with Gasteiger partial charge >= 0.3 is 11.9 Å². The maximum atomic E-state index is 11.2. The summed E-state index contributed by atoms with van der Waals surface area (Å²) < 4.78 is 22.2. The molecule has 24 heavy (non-hydrogen) atoms. The lowest BCUT2D eigenvalue weighted by molar-refractivity contribution is -0.294. The van der Waals surface area contributed by atoms with Crippen LogP contribution in [0.5, 0.6) is 0 Å². The van der Waals surface area contributed by atoms with Crippen LogP contribution in [-0.2, 0) is 28.5 Å². The van der Waals surface area contributed by atoms with Crippen molar-refractivity contribution in [3.05, 3.63) is 25.3 Å². The van der Waals surface area contributed by atoms with Crippen LogP contribution in [0.4, 0.5) is 0 Å². The Morgan fingerprint density at radius 3 is 1.71 bits per heavy atom. The molecule has 0 aromatic carbocycles. The Morgan fingerprint density at radius 1 is 0.917 bits per heavy atom. The van der Waals surface area contributed by atoms with E-state index in [2.05, 4.69) is 13.2 Å². The molecule has 2 unspecified atom stereocenters. The van der Waals surface area contributed by atoms with Crippen molar-refractivity contribution in [3.8, 4) is 0 Å². The molecule has 0 saturated heterocycles. The van der Waals surface area contributed by atoms with Gasteiger partial charge in [-0.15, -0.1) is 0 Å². The Bertz CT molecular complexity index is 405. The van der Waals surface area contributed by atoms with Crippen LogP contribution in [0.25, 0.3) is 0 Å². The first-order valence-electron chi connectivity index (χ1n) is 8.35. The summed E-state index contributed by atoms with van der Waals surface area (Å²) in [6, 6.07) is 0. The summed E-state index contributed by atoms with van der Waals surface area (Å²) in [6.45, 7) is 10.7. The Kier molecular flexibility index (Phi) is 8.71. The van der Waals surface area contributed by atoms with Crippen molar-refractivity contribution in [3.63, 3.8) is 0 Å². The van der Waals surface area contributed by atoms with E-state index in [1.165, 1.54) is 0 Å². The molecule has 1 aliphatic carbocycles. The fourth-order valence-corrected chi connectivity index (χ4v) is 2.67. The topological polar surface area (TPSA) is 71.1 Å². The summed E-state index contributed by atoms with van der Waals surface area (Å²) in [7, 11) is 0. The Morgan fingerprint density at radius 2 is 1.33 bits per heavy atom. The van der Waals surface area contributed by atoms with Crippen LogP contribution in [0.1, 0.15) is 46.0 Å². The molecule has 0 bridgehead atoms. The number of hydrogen-bond donors (Lipinski definition) is 0. The minimum atomic E-state index is -0.738. The molecule has 6 heteroatoms. The first-order chi connectivity index (χ1) is 11.4. The molecular weight excluding hydrogens is 312 g/mol. The summed E-state index contributed by atoms with van der Waals surface area (Å²) in [6.07, 6.45) is 6.26. The molecule has 2 atom stereocenters. The van der Waals surface area contributed by atoms with Crippen molar-refractivity contribution in [2.45, 2.75) is 63.9 Å². The third-order valence-electron chi connectivity index (χ3n) is 3.70. The summed E-state index contributed by atoms with van der Waals surface area (Å²) in [5.74, 6) is -1.69. The number of hydrogen-bond acceptors (Lipinski definition) is 6. The van der Waals surface area contributed by atoms with E-state index in [0.717, 1.165) is 44.3 Å². The molecule has 0 aliphatic heterocycles. The Labute approximate surface area is 143 Å². The van der Waals surface area contributed by atoms with Gasteiger partial charge in [-0.2, -0.15) is 0 Å². The first-order valence-corrected chi connectivity index (χ1v) is 8.35. The third-order valence-corrected chi connectivity index (χ3v) is 3.70. The molecule has 1 aliphatic rings. The molecule has 0 aromatic rings. The fraction of sp³-hybridized carbons (Fsp3) is 0.667. The summed E-state index contributed by atoms with van der Waals surface area (Å²) in [5.41, 5.74) is 0. The van der Waals surface area contributed by atoms with Crippen LogP contribution < -0.4 is 0 Å². The zero-order chi connectivity index (χ0) is 18.0. The molecular formula is C18H28O6. The lowest BCUT2D eigenvalue weighted by Gasteiger charge is -2.40. The number of rotatable bonds is 10. The number of carbonyl (C=O) groups excluding carboxylic acids is 2. The number of ether oxygens (including phenoxy) is 4. The molecule has 1 saturated carbocycles. The highest BCUT2D eigenvalue weighted by atomic mass is 16.7. The van der Waals surface area contributed by atoms with Crippen molar-refractivity contribution in [2.24, 2.45) is 0 Å². The largest absolute Gasteiger partial charge is 0.460 e. The van der Waals surface area contributed by atoms with E-state index in [1.807, 2.05) is 13.8 Å². The van der Waals surface area contributed by atoms with E-state index in [9.17, 15) is 9.59 Å². The molecule has 6 nitrogen and oxygen atoms in total. The second kappa shape index (κ2) is 10.3. The van der Waals surface area contributed by atoms with Crippen LogP contribution in [-0.4, -0.2) is 43.1 Å². The monoisotopic (exact) mass is 340 g/mol. The van der Waals surface area contributed by atoms with Crippen LogP contribution in [0.15, 0.2) is 25.3 Å². The smallest absolute Gasteiger partial charge is 0.330 e. The van der Waals surface area contributed by atoms with Crippen molar-refractivity contribution in [1.82, 2.24) is 0 Å². The van der Waals surface area contributed by atoms with E-state index in [0.29, 0.717) is 0 Å². The first kappa shape index (κ1) is 20.4. The predicted molar refractivity (Wildman–Crippen MR) is 89.2 cm³/mol. The lowest BCUT2D eigenvalue weighted by Crippen LogP contribution is -2.45. The van der Waals surface area contributed by atoms with Crippen LogP contribution in [0, 0.1) is 0 Å². The summed E-state index contributed by atoms with van der Waals surface area (Å²) >= 11 is 0. The summed E-state index contributed by atoms with van der Waals surface area (Å²) in [4.78, 5) is 22.3. The van der Waals surface area contributed by atoms with Crippen molar-refractivity contribution in [1.29, 1.82) is 0 Å². The molecule has 0 aromatic heterocycles. The van der Waals surface area contributed by atoms with E-state index >= 15 is 0 Å². The van der Waals surface area contributed by atoms with Gasteiger partial charge in [0, 0.05) is 25.0 Å². The van der Waals surface area contributed by atoms with Gasteiger partial charge in [-0.25, -0.2) is 9.59 Å². The van der Waals surface area contributed by atoms with Gasteiger partial charge in [0.2, 0.25) is 0 Å². The van der Waals surface area contributed by atoms with Gasteiger partial charge < -0.3 is 18.9 Å². The van der Waals surface area contributed by atoms with E-state index in [4.69, 9.17) is 18.9 Å². The second-order valence-electron chi connectivity index (χ2n) is 6.00. The molecule has 0 radical (unpaired) electrons. The van der Waals surface area contributed by atoms with Crippen LogP contribution in [0.2, 0.25) is 0 Å². The second-order valence-corrected chi connectivity index (χ2v) is 6.00. The molecule has 0 heterocycles. The van der Waals surface area contributed by atoms with Gasteiger partial charge in [-0.05, 0) is 26.7 Å². The van der Waals surface area contributed by atoms with E-state index < -0.39 is 17.7 Å². The SMILES string of the molecule is C=CC(=O)OCC(C)OC1(OC(C)COC(=O)C=C)CCCCC1. The highest BCUT2D eigenvalue weighted by Gasteiger charge is 2.37. The minimum absolute atomic E-state index is 0.135. The Hall–Kier alpha value is -1.66. The molecule has 0 spiro atoms. The molecule has 0 N–H and O–H groups in total. The minimum Gasteiger partial charge on any atom is -0.460 e. The molecule has 1 fully saturated rings. The average molecular weight is 340 g/mol. The van der Waals surface area contributed by atoms with Crippen molar-refractivity contribution >= 4 is 11.9 Å². The molecule has 136 valence electrons. The summed E-state index contributed by atoms with van der Waals surface area (Å²) in [5, 5.41) is 0. The predicted octanol–water partition coefficient (Wildman–Crippen LogP) is 2.92. The molecule has 0 amide bonds. The third kappa shape index (κ3) is 7.27. The van der Waals surface area contributed by atoms with Gasteiger partial charge in [0.25, 0.3) is 0 Å². The number of carbonyl (C=O) groups is 2. The maximum Gasteiger partial charge on any atom is 0.330 e. The van der Waals surface area contributed by atoms with Crippen LogP contribution >= 0.6 is 0 Å².